The van der Waals surface area contributed by atoms with E-state index in [4.69, 9.17) is 4.74 Å². The Hall–Kier alpha value is -0.340. The molecule has 0 fully saturated rings. The smallest absolute Gasteiger partial charge is 0.0999 e. The van der Waals surface area contributed by atoms with Gasteiger partial charge in [0.1, 0.15) is 0 Å². The summed E-state index contributed by atoms with van der Waals surface area (Å²) in [7, 11) is 0. The maximum Gasteiger partial charge on any atom is 0.0999 e. The van der Waals surface area contributed by atoms with Crippen LogP contribution in [0.25, 0.3) is 0 Å². The van der Waals surface area contributed by atoms with E-state index in [9.17, 15) is 0 Å². The molecule has 96 valence electrons. The maximum atomic E-state index is 6.07. The summed E-state index contributed by atoms with van der Waals surface area (Å²) in [6, 6.07) is 10.4. The lowest BCUT2D eigenvalue weighted by molar-refractivity contribution is -0.0193. The Labute approximate surface area is 114 Å². The van der Waals surface area contributed by atoms with Gasteiger partial charge in [0.05, 0.1) is 5.60 Å². The lowest BCUT2D eigenvalue weighted by Crippen LogP contribution is -2.28. The summed E-state index contributed by atoms with van der Waals surface area (Å²) in [6.45, 7) is 7.48. The van der Waals surface area contributed by atoms with Crippen LogP contribution in [-0.2, 0) is 10.3 Å². The van der Waals surface area contributed by atoms with Gasteiger partial charge < -0.3 is 4.74 Å². The molecule has 0 aliphatic heterocycles. The molecular formula is C15H23BrO. The highest BCUT2D eigenvalue weighted by Crippen LogP contribution is 2.27. The summed E-state index contributed by atoms with van der Waals surface area (Å²) in [5, 5.41) is 0.825. The Bertz CT molecular complexity index is 310. The van der Waals surface area contributed by atoms with Crippen molar-refractivity contribution in [3.8, 4) is 0 Å². The molecule has 0 saturated heterocycles. The first-order valence-corrected chi connectivity index (χ1v) is 7.46. The SMILES string of the molecule is CC(C)CCCOC(C)(CBr)c1ccccc1. The van der Waals surface area contributed by atoms with Crippen molar-refractivity contribution in [2.24, 2.45) is 5.92 Å². The second-order valence-electron chi connectivity index (χ2n) is 5.12. The highest BCUT2D eigenvalue weighted by Gasteiger charge is 2.25. The Kier molecular flexibility index (Phi) is 6.21. The molecule has 0 amide bonds. The van der Waals surface area contributed by atoms with Crippen LogP contribution in [0.5, 0.6) is 0 Å². The molecule has 1 aromatic carbocycles. The van der Waals surface area contributed by atoms with Gasteiger partial charge in [0.15, 0.2) is 0 Å². The molecule has 0 saturated carbocycles. The van der Waals surface area contributed by atoms with E-state index in [-0.39, 0.29) is 5.60 Å². The third-order valence-corrected chi connectivity index (χ3v) is 4.06. The third-order valence-electron chi connectivity index (χ3n) is 2.99. The van der Waals surface area contributed by atoms with E-state index in [1.807, 2.05) is 6.07 Å². The molecule has 1 atom stereocenters. The van der Waals surface area contributed by atoms with Crippen molar-refractivity contribution in [1.82, 2.24) is 0 Å². The quantitative estimate of drug-likeness (QED) is 0.521. The number of benzene rings is 1. The van der Waals surface area contributed by atoms with Crippen LogP contribution in [0.15, 0.2) is 30.3 Å². The first-order valence-electron chi connectivity index (χ1n) is 6.34. The molecular weight excluding hydrogens is 276 g/mol. The van der Waals surface area contributed by atoms with Gasteiger partial charge in [0, 0.05) is 11.9 Å². The lowest BCUT2D eigenvalue weighted by Gasteiger charge is -2.28. The first-order chi connectivity index (χ1) is 8.08. The summed E-state index contributed by atoms with van der Waals surface area (Å²) in [5.41, 5.74) is 1.03. The molecule has 1 aromatic rings. The highest BCUT2D eigenvalue weighted by atomic mass is 79.9. The van der Waals surface area contributed by atoms with Gasteiger partial charge in [-0.2, -0.15) is 0 Å². The second-order valence-corrected chi connectivity index (χ2v) is 5.68. The molecule has 0 heterocycles. The van der Waals surface area contributed by atoms with Gasteiger partial charge in [-0.1, -0.05) is 60.1 Å². The highest BCUT2D eigenvalue weighted by molar-refractivity contribution is 9.09. The zero-order valence-corrected chi connectivity index (χ0v) is 12.7. The molecule has 1 rings (SSSR count). The van der Waals surface area contributed by atoms with Crippen LogP contribution in [0, 0.1) is 5.92 Å². The Morgan fingerprint density at radius 1 is 1.24 bits per heavy atom. The van der Waals surface area contributed by atoms with Gasteiger partial charge in [-0.3, -0.25) is 0 Å². The second kappa shape index (κ2) is 7.17. The summed E-state index contributed by atoms with van der Waals surface area (Å²) in [4.78, 5) is 0. The van der Waals surface area contributed by atoms with Gasteiger partial charge in [-0.25, -0.2) is 0 Å². The molecule has 0 spiro atoms. The number of hydrogen-bond acceptors (Lipinski definition) is 1. The van der Waals surface area contributed by atoms with Crippen molar-refractivity contribution in [1.29, 1.82) is 0 Å². The summed E-state index contributed by atoms with van der Waals surface area (Å²) < 4.78 is 6.07. The maximum absolute atomic E-state index is 6.07. The van der Waals surface area contributed by atoms with Gasteiger partial charge in [0.25, 0.3) is 0 Å². The topological polar surface area (TPSA) is 9.23 Å². The molecule has 0 bridgehead atoms. The van der Waals surface area contributed by atoms with Gasteiger partial charge in [0.2, 0.25) is 0 Å². The number of ether oxygens (including phenoxy) is 1. The Morgan fingerprint density at radius 2 is 1.88 bits per heavy atom. The normalized spacial score (nSPS) is 14.9. The minimum Gasteiger partial charge on any atom is -0.370 e. The fourth-order valence-electron chi connectivity index (χ4n) is 1.78. The van der Waals surface area contributed by atoms with Crippen molar-refractivity contribution in [2.75, 3.05) is 11.9 Å². The van der Waals surface area contributed by atoms with E-state index in [1.165, 1.54) is 12.0 Å². The Morgan fingerprint density at radius 3 is 2.41 bits per heavy atom. The van der Waals surface area contributed by atoms with E-state index < -0.39 is 0 Å². The molecule has 0 radical (unpaired) electrons. The number of alkyl halides is 1. The molecule has 0 aromatic heterocycles. The summed E-state index contributed by atoms with van der Waals surface area (Å²) >= 11 is 3.56. The van der Waals surface area contributed by atoms with Crippen molar-refractivity contribution < 1.29 is 4.74 Å². The van der Waals surface area contributed by atoms with Gasteiger partial charge in [-0.15, -0.1) is 0 Å². The largest absolute Gasteiger partial charge is 0.370 e. The zero-order valence-electron chi connectivity index (χ0n) is 11.1. The molecule has 0 N–H and O–H groups in total. The van der Waals surface area contributed by atoms with Gasteiger partial charge >= 0.3 is 0 Å². The van der Waals surface area contributed by atoms with Crippen molar-refractivity contribution >= 4 is 15.9 Å². The minimum absolute atomic E-state index is 0.210. The monoisotopic (exact) mass is 298 g/mol. The molecule has 0 aliphatic rings. The van der Waals surface area contributed by atoms with E-state index in [0.717, 1.165) is 24.3 Å². The molecule has 1 unspecified atom stereocenters. The fraction of sp³-hybridized carbons (Fsp3) is 0.600. The molecule has 0 aliphatic carbocycles. The average molecular weight is 299 g/mol. The van der Waals surface area contributed by atoms with E-state index in [1.54, 1.807) is 0 Å². The standard InChI is InChI=1S/C15H23BrO/c1-13(2)8-7-11-17-15(3,12-16)14-9-5-4-6-10-14/h4-6,9-10,13H,7-8,11-12H2,1-3H3. The van der Waals surface area contributed by atoms with Crippen LogP contribution in [0.3, 0.4) is 0 Å². The average Bonchev–Trinajstić information content (AvgIpc) is 2.35. The molecule has 17 heavy (non-hydrogen) atoms. The predicted octanol–water partition coefficient (Wildman–Crippen LogP) is 4.75. The first kappa shape index (κ1) is 14.7. The minimum atomic E-state index is -0.210. The lowest BCUT2D eigenvalue weighted by atomic mass is 9.98. The predicted molar refractivity (Wildman–Crippen MR) is 77.6 cm³/mol. The van der Waals surface area contributed by atoms with E-state index >= 15 is 0 Å². The number of rotatable bonds is 7. The van der Waals surface area contributed by atoms with Crippen molar-refractivity contribution in [3.05, 3.63) is 35.9 Å². The Balaban J connectivity index is 2.52. The van der Waals surface area contributed by atoms with Crippen LogP contribution in [0.4, 0.5) is 0 Å². The van der Waals surface area contributed by atoms with Crippen LogP contribution in [0.2, 0.25) is 0 Å². The van der Waals surface area contributed by atoms with Crippen molar-refractivity contribution in [2.45, 2.75) is 39.2 Å². The molecule has 2 heteroatoms. The van der Waals surface area contributed by atoms with Crippen molar-refractivity contribution in [3.63, 3.8) is 0 Å². The van der Waals surface area contributed by atoms with Crippen LogP contribution in [0.1, 0.15) is 39.2 Å². The molecule has 1 nitrogen and oxygen atoms in total. The van der Waals surface area contributed by atoms with Crippen LogP contribution < -0.4 is 0 Å². The van der Waals surface area contributed by atoms with Crippen LogP contribution >= 0.6 is 15.9 Å². The third kappa shape index (κ3) is 4.81. The number of halogens is 1. The van der Waals surface area contributed by atoms with Crippen LogP contribution in [-0.4, -0.2) is 11.9 Å². The van der Waals surface area contributed by atoms with E-state index in [2.05, 4.69) is 61.0 Å². The fourth-order valence-corrected chi connectivity index (χ4v) is 2.26. The van der Waals surface area contributed by atoms with Gasteiger partial charge in [-0.05, 0) is 31.2 Å². The summed E-state index contributed by atoms with van der Waals surface area (Å²) in [6.07, 6.45) is 2.36. The zero-order chi connectivity index (χ0) is 12.7. The number of hydrogen-bond donors (Lipinski definition) is 0. The summed E-state index contributed by atoms with van der Waals surface area (Å²) in [5.74, 6) is 0.755. The van der Waals surface area contributed by atoms with E-state index in [0.29, 0.717) is 0 Å².